The maximum Gasteiger partial charge on any atom is 0.237 e. The van der Waals surface area contributed by atoms with E-state index in [0.717, 1.165) is 0 Å². The molecule has 0 aromatic rings. The molecule has 0 bridgehead atoms. The average Bonchev–Trinajstić information content (AvgIpc) is 2.83. The Morgan fingerprint density at radius 2 is 1.93 bits per heavy atom. The molecule has 0 radical (unpaired) electrons. The molecule has 1 amide bonds. The molecule has 2 unspecified atom stereocenters. The van der Waals surface area contributed by atoms with Gasteiger partial charge in [-0.05, 0) is 19.8 Å². The minimum absolute atomic E-state index is 0.343. The molecule has 82 valence electrons. The van der Waals surface area contributed by atoms with Crippen molar-refractivity contribution in [3.63, 3.8) is 0 Å². The molecule has 1 aliphatic carbocycles. The van der Waals surface area contributed by atoms with Gasteiger partial charge in [-0.2, -0.15) is 0 Å². The highest BCUT2D eigenvalue weighted by Gasteiger charge is 2.37. The van der Waals surface area contributed by atoms with E-state index in [2.05, 4.69) is 4.72 Å². The van der Waals surface area contributed by atoms with E-state index in [9.17, 15) is 13.2 Å². The largest absolute Gasteiger partial charge is 0.327 e. The van der Waals surface area contributed by atoms with Crippen LogP contribution >= 0.6 is 0 Å². The van der Waals surface area contributed by atoms with E-state index < -0.39 is 21.8 Å². The zero-order valence-corrected chi connectivity index (χ0v) is 9.17. The first-order valence-electron chi connectivity index (χ1n) is 4.65. The number of rotatable bonds is 4. The van der Waals surface area contributed by atoms with Gasteiger partial charge in [0.2, 0.25) is 15.9 Å². The molecule has 0 aromatic heterocycles. The fraction of sp³-hybridized carbons (Fsp3) is 0.875. The smallest absolute Gasteiger partial charge is 0.237 e. The number of hydrogen-bond donors (Lipinski definition) is 2. The van der Waals surface area contributed by atoms with E-state index in [-0.39, 0.29) is 11.3 Å². The number of nitrogens with two attached hydrogens (primary N) is 1. The van der Waals surface area contributed by atoms with Crippen molar-refractivity contribution in [2.45, 2.75) is 38.0 Å². The number of carbonyl (C=O) groups excluding carboxylic acids is 1. The van der Waals surface area contributed by atoms with Crippen molar-refractivity contribution >= 4 is 15.9 Å². The highest BCUT2D eigenvalue weighted by Crippen LogP contribution is 2.27. The zero-order valence-electron chi connectivity index (χ0n) is 8.36. The van der Waals surface area contributed by atoms with Gasteiger partial charge < -0.3 is 5.73 Å². The lowest BCUT2D eigenvalue weighted by Gasteiger charge is -2.14. The molecular weight excluding hydrogens is 204 g/mol. The fourth-order valence-electron chi connectivity index (χ4n) is 0.934. The van der Waals surface area contributed by atoms with Gasteiger partial charge in [-0.1, -0.05) is 6.92 Å². The first-order chi connectivity index (χ1) is 6.34. The summed E-state index contributed by atoms with van der Waals surface area (Å²) in [5.41, 5.74) is 5.49. The number of sulfonamides is 1. The van der Waals surface area contributed by atoms with Crippen LogP contribution in [0, 0.1) is 5.92 Å². The topological polar surface area (TPSA) is 89.3 Å². The Bertz CT molecular complexity index is 319. The molecule has 1 saturated carbocycles. The van der Waals surface area contributed by atoms with Crippen LogP contribution in [-0.2, 0) is 14.8 Å². The molecule has 6 heteroatoms. The Labute approximate surface area is 84.1 Å². The van der Waals surface area contributed by atoms with E-state index >= 15 is 0 Å². The number of amides is 1. The number of carbonyl (C=O) groups is 1. The van der Waals surface area contributed by atoms with Crippen LogP contribution in [0.4, 0.5) is 0 Å². The SMILES string of the molecule is CC(N)C(C)C(=O)NS(=O)(=O)C1CC1. The summed E-state index contributed by atoms with van der Waals surface area (Å²) in [6.45, 7) is 3.29. The third-order valence-electron chi connectivity index (χ3n) is 2.41. The molecule has 1 aliphatic rings. The van der Waals surface area contributed by atoms with E-state index in [4.69, 9.17) is 5.73 Å². The van der Waals surface area contributed by atoms with Crippen molar-refractivity contribution in [3.8, 4) is 0 Å². The summed E-state index contributed by atoms with van der Waals surface area (Å²) in [5.74, 6) is -0.990. The number of hydrogen-bond acceptors (Lipinski definition) is 4. The predicted octanol–water partition coefficient (Wildman–Crippen LogP) is -0.422. The van der Waals surface area contributed by atoms with Crippen LogP contribution in [-0.4, -0.2) is 25.6 Å². The van der Waals surface area contributed by atoms with Crippen molar-refractivity contribution in [1.82, 2.24) is 4.72 Å². The Morgan fingerprint density at radius 3 is 2.29 bits per heavy atom. The quantitative estimate of drug-likeness (QED) is 0.673. The summed E-state index contributed by atoms with van der Waals surface area (Å²) in [7, 11) is -3.42. The Balaban J connectivity index is 2.56. The summed E-state index contributed by atoms with van der Waals surface area (Å²) in [5, 5.41) is -0.369. The van der Waals surface area contributed by atoms with Crippen LogP contribution < -0.4 is 10.5 Å². The van der Waals surface area contributed by atoms with Gasteiger partial charge in [0.25, 0.3) is 0 Å². The Hall–Kier alpha value is -0.620. The summed E-state index contributed by atoms with van der Waals surface area (Å²) < 4.78 is 24.8. The summed E-state index contributed by atoms with van der Waals surface area (Å²) in [4.78, 5) is 11.4. The second kappa shape index (κ2) is 3.86. The van der Waals surface area contributed by atoms with Crippen LogP contribution in [0.15, 0.2) is 0 Å². The molecule has 0 spiro atoms. The lowest BCUT2D eigenvalue weighted by molar-refractivity contribution is -0.123. The van der Waals surface area contributed by atoms with Gasteiger partial charge in [-0.15, -0.1) is 0 Å². The van der Waals surface area contributed by atoms with Crippen LogP contribution in [0.1, 0.15) is 26.7 Å². The van der Waals surface area contributed by atoms with Crippen LogP contribution in [0.25, 0.3) is 0 Å². The summed E-state index contributed by atoms with van der Waals surface area (Å²) in [6.07, 6.45) is 1.30. The van der Waals surface area contributed by atoms with Gasteiger partial charge in [-0.25, -0.2) is 8.42 Å². The molecule has 0 aromatic carbocycles. The molecule has 1 fully saturated rings. The van der Waals surface area contributed by atoms with Crippen molar-refractivity contribution in [1.29, 1.82) is 0 Å². The maximum absolute atomic E-state index is 11.4. The summed E-state index contributed by atoms with van der Waals surface area (Å²) >= 11 is 0. The van der Waals surface area contributed by atoms with E-state index in [0.29, 0.717) is 12.8 Å². The molecule has 1 rings (SSSR count). The summed E-state index contributed by atoms with van der Waals surface area (Å²) in [6, 6.07) is -0.343. The third kappa shape index (κ3) is 2.68. The maximum atomic E-state index is 11.4. The van der Waals surface area contributed by atoms with Crippen molar-refractivity contribution < 1.29 is 13.2 Å². The Morgan fingerprint density at radius 1 is 1.43 bits per heavy atom. The second-order valence-corrected chi connectivity index (χ2v) is 5.82. The van der Waals surface area contributed by atoms with Gasteiger partial charge in [0.1, 0.15) is 0 Å². The lowest BCUT2D eigenvalue weighted by atomic mass is 10.1. The van der Waals surface area contributed by atoms with Crippen molar-refractivity contribution in [2.24, 2.45) is 11.7 Å². The minimum atomic E-state index is -3.42. The monoisotopic (exact) mass is 220 g/mol. The van der Waals surface area contributed by atoms with Gasteiger partial charge >= 0.3 is 0 Å². The first-order valence-corrected chi connectivity index (χ1v) is 6.20. The third-order valence-corrected chi connectivity index (χ3v) is 4.24. The molecule has 3 N–H and O–H groups in total. The van der Waals surface area contributed by atoms with Crippen LogP contribution in [0.3, 0.4) is 0 Å². The second-order valence-electron chi connectivity index (χ2n) is 3.86. The molecule has 0 saturated heterocycles. The predicted molar refractivity (Wildman–Crippen MR) is 52.9 cm³/mol. The van der Waals surface area contributed by atoms with Crippen LogP contribution in [0.2, 0.25) is 0 Å². The lowest BCUT2D eigenvalue weighted by Crippen LogP contribution is -2.42. The molecule has 14 heavy (non-hydrogen) atoms. The minimum Gasteiger partial charge on any atom is -0.327 e. The molecule has 0 heterocycles. The molecule has 5 nitrogen and oxygen atoms in total. The highest BCUT2D eigenvalue weighted by atomic mass is 32.2. The van der Waals surface area contributed by atoms with Crippen molar-refractivity contribution in [2.75, 3.05) is 0 Å². The highest BCUT2D eigenvalue weighted by molar-refractivity contribution is 7.90. The first kappa shape index (κ1) is 11.5. The van der Waals surface area contributed by atoms with Crippen LogP contribution in [0.5, 0.6) is 0 Å². The van der Waals surface area contributed by atoms with Gasteiger partial charge in [0.05, 0.1) is 11.2 Å². The van der Waals surface area contributed by atoms with Crippen molar-refractivity contribution in [3.05, 3.63) is 0 Å². The molecule has 2 atom stereocenters. The standard InChI is InChI=1S/C8H16N2O3S/c1-5(6(2)9)8(11)10-14(12,13)7-3-4-7/h5-7H,3-4,9H2,1-2H3,(H,10,11). The fourth-order valence-corrected chi connectivity index (χ4v) is 2.32. The number of nitrogens with one attached hydrogen (secondary N) is 1. The zero-order chi connectivity index (χ0) is 10.9. The van der Waals surface area contributed by atoms with E-state index in [1.807, 2.05) is 0 Å². The van der Waals surface area contributed by atoms with Gasteiger partial charge in [0.15, 0.2) is 0 Å². The van der Waals surface area contributed by atoms with E-state index in [1.165, 1.54) is 0 Å². The normalized spacial score (nSPS) is 21.4. The molecular formula is C8H16N2O3S. The van der Waals surface area contributed by atoms with E-state index in [1.54, 1.807) is 13.8 Å². The Kier molecular flexibility index (Phi) is 3.16. The van der Waals surface area contributed by atoms with Gasteiger partial charge in [-0.3, -0.25) is 9.52 Å². The average molecular weight is 220 g/mol. The molecule has 0 aliphatic heterocycles. The van der Waals surface area contributed by atoms with Gasteiger partial charge in [0, 0.05) is 6.04 Å².